The van der Waals surface area contributed by atoms with E-state index in [9.17, 15) is 4.79 Å². The molecule has 20 heavy (non-hydrogen) atoms. The van der Waals surface area contributed by atoms with Gasteiger partial charge in [0.25, 0.3) is 0 Å². The van der Waals surface area contributed by atoms with Crippen molar-refractivity contribution in [1.82, 2.24) is 9.78 Å². The fourth-order valence-electron chi connectivity index (χ4n) is 2.05. The molecule has 0 aliphatic carbocycles. The molecular formula is C15H18N2O3. The quantitative estimate of drug-likeness (QED) is 0.760. The number of para-hydroxylation sites is 1. The second kappa shape index (κ2) is 6.23. The topological polar surface area (TPSA) is 53.4 Å². The van der Waals surface area contributed by atoms with Gasteiger partial charge in [-0.2, -0.15) is 5.10 Å². The summed E-state index contributed by atoms with van der Waals surface area (Å²) in [5, 5.41) is 4.16. The molecule has 0 radical (unpaired) electrons. The maximum absolute atomic E-state index is 12.7. The molecule has 1 aromatic carbocycles. The van der Waals surface area contributed by atoms with Crippen molar-refractivity contribution in [2.24, 2.45) is 0 Å². The number of ether oxygens (including phenoxy) is 2. The van der Waals surface area contributed by atoms with Gasteiger partial charge < -0.3 is 9.47 Å². The minimum absolute atomic E-state index is 0.148. The highest BCUT2D eigenvalue weighted by Gasteiger charge is 2.22. The van der Waals surface area contributed by atoms with Crippen molar-refractivity contribution in [3.63, 3.8) is 0 Å². The summed E-state index contributed by atoms with van der Waals surface area (Å²) in [6.07, 6.45) is 1.56. The number of carbonyl (C=O) groups excluding carboxylic acids is 1. The zero-order chi connectivity index (χ0) is 14.5. The Morgan fingerprint density at radius 1 is 1.25 bits per heavy atom. The fraction of sp³-hybridized carbons (Fsp3) is 0.333. The zero-order valence-electron chi connectivity index (χ0n) is 11.9. The normalized spacial score (nSPS) is 10.3. The van der Waals surface area contributed by atoms with Crippen molar-refractivity contribution in [3.05, 3.63) is 41.7 Å². The third-order valence-electron chi connectivity index (χ3n) is 2.97. The van der Waals surface area contributed by atoms with Crippen LogP contribution >= 0.6 is 0 Å². The Morgan fingerprint density at radius 3 is 2.65 bits per heavy atom. The van der Waals surface area contributed by atoms with Crippen molar-refractivity contribution >= 4 is 5.78 Å². The van der Waals surface area contributed by atoms with E-state index in [4.69, 9.17) is 9.47 Å². The van der Waals surface area contributed by atoms with Gasteiger partial charge in [-0.15, -0.1) is 0 Å². The Bertz CT molecular complexity index is 583. The highest BCUT2D eigenvalue weighted by molar-refractivity contribution is 6.11. The lowest BCUT2D eigenvalue weighted by molar-refractivity contribution is 0.102. The van der Waals surface area contributed by atoms with E-state index in [1.54, 1.807) is 23.0 Å². The van der Waals surface area contributed by atoms with Crippen molar-refractivity contribution in [3.8, 4) is 11.5 Å². The van der Waals surface area contributed by atoms with Crippen molar-refractivity contribution in [2.45, 2.75) is 20.4 Å². The summed E-state index contributed by atoms with van der Waals surface area (Å²) in [5.41, 5.74) is 0.963. The Labute approximate surface area is 118 Å². The number of carbonyl (C=O) groups is 1. The van der Waals surface area contributed by atoms with Crippen LogP contribution in [0.25, 0.3) is 0 Å². The average Bonchev–Trinajstić information content (AvgIpc) is 2.90. The van der Waals surface area contributed by atoms with E-state index in [0.29, 0.717) is 35.9 Å². The largest absolute Gasteiger partial charge is 0.493 e. The standard InChI is InChI=1S/C15H18N2O3/c1-4-17-14(13(19-3)10-16-17)15(18)11-8-6-7-9-12(11)20-5-2/h6-10H,4-5H2,1-3H3. The molecule has 0 saturated carbocycles. The minimum atomic E-state index is -0.148. The first-order valence-corrected chi connectivity index (χ1v) is 6.59. The Kier molecular flexibility index (Phi) is 4.40. The van der Waals surface area contributed by atoms with Gasteiger partial charge in [0, 0.05) is 6.54 Å². The zero-order valence-corrected chi connectivity index (χ0v) is 11.9. The van der Waals surface area contributed by atoms with Crippen LogP contribution in [-0.4, -0.2) is 29.3 Å². The van der Waals surface area contributed by atoms with Crippen LogP contribution in [-0.2, 0) is 6.54 Å². The number of hydrogen-bond donors (Lipinski definition) is 0. The number of aromatic nitrogens is 2. The van der Waals surface area contributed by atoms with Crippen molar-refractivity contribution in [1.29, 1.82) is 0 Å². The number of hydrogen-bond acceptors (Lipinski definition) is 4. The average molecular weight is 274 g/mol. The molecule has 1 heterocycles. The van der Waals surface area contributed by atoms with Crippen LogP contribution in [0.3, 0.4) is 0 Å². The van der Waals surface area contributed by atoms with E-state index in [0.717, 1.165) is 0 Å². The summed E-state index contributed by atoms with van der Waals surface area (Å²) in [7, 11) is 1.53. The molecule has 0 atom stereocenters. The molecule has 106 valence electrons. The molecule has 2 rings (SSSR count). The fourth-order valence-corrected chi connectivity index (χ4v) is 2.05. The van der Waals surface area contributed by atoms with Gasteiger partial charge in [-0.25, -0.2) is 0 Å². The van der Waals surface area contributed by atoms with Gasteiger partial charge in [0.2, 0.25) is 5.78 Å². The second-order valence-corrected chi connectivity index (χ2v) is 4.14. The summed E-state index contributed by atoms with van der Waals surface area (Å²) in [6, 6.07) is 7.20. The molecule has 0 spiro atoms. The lowest BCUT2D eigenvalue weighted by Gasteiger charge is -2.10. The van der Waals surface area contributed by atoms with Gasteiger partial charge in [0.05, 0.1) is 25.5 Å². The van der Waals surface area contributed by atoms with Gasteiger partial charge in [-0.3, -0.25) is 9.48 Å². The number of ketones is 1. The third kappa shape index (κ3) is 2.52. The molecule has 0 aliphatic rings. The summed E-state index contributed by atoms with van der Waals surface area (Å²) >= 11 is 0. The van der Waals surface area contributed by atoms with Crippen LogP contribution in [0.4, 0.5) is 0 Å². The van der Waals surface area contributed by atoms with Crippen LogP contribution in [0, 0.1) is 0 Å². The van der Waals surface area contributed by atoms with Gasteiger partial charge >= 0.3 is 0 Å². The van der Waals surface area contributed by atoms with E-state index < -0.39 is 0 Å². The Balaban J connectivity index is 2.49. The number of benzene rings is 1. The first-order valence-electron chi connectivity index (χ1n) is 6.59. The number of rotatable bonds is 6. The number of aryl methyl sites for hydroxylation is 1. The molecule has 0 N–H and O–H groups in total. The molecule has 0 amide bonds. The second-order valence-electron chi connectivity index (χ2n) is 4.14. The van der Waals surface area contributed by atoms with Crippen molar-refractivity contribution in [2.75, 3.05) is 13.7 Å². The third-order valence-corrected chi connectivity index (χ3v) is 2.97. The molecule has 0 bridgehead atoms. The van der Waals surface area contributed by atoms with Crippen LogP contribution in [0.5, 0.6) is 11.5 Å². The van der Waals surface area contributed by atoms with E-state index in [-0.39, 0.29) is 5.78 Å². The lowest BCUT2D eigenvalue weighted by atomic mass is 10.1. The molecule has 0 saturated heterocycles. The highest BCUT2D eigenvalue weighted by atomic mass is 16.5. The molecule has 5 nitrogen and oxygen atoms in total. The monoisotopic (exact) mass is 274 g/mol. The van der Waals surface area contributed by atoms with Gasteiger partial charge in [0.15, 0.2) is 11.4 Å². The molecule has 0 unspecified atom stereocenters. The predicted octanol–water partition coefficient (Wildman–Crippen LogP) is 2.54. The van der Waals surface area contributed by atoms with Crippen LogP contribution < -0.4 is 9.47 Å². The van der Waals surface area contributed by atoms with Crippen LogP contribution in [0.1, 0.15) is 29.9 Å². The van der Waals surface area contributed by atoms with Gasteiger partial charge in [-0.1, -0.05) is 12.1 Å². The molecule has 0 fully saturated rings. The van der Waals surface area contributed by atoms with E-state index in [2.05, 4.69) is 5.10 Å². The Morgan fingerprint density at radius 2 is 2.00 bits per heavy atom. The van der Waals surface area contributed by atoms with E-state index in [1.165, 1.54) is 7.11 Å². The van der Waals surface area contributed by atoms with Crippen LogP contribution in [0.15, 0.2) is 30.5 Å². The number of nitrogens with zero attached hydrogens (tertiary/aromatic N) is 2. The van der Waals surface area contributed by atoms with E-state index >= 15 is 0 Å². The summed E-state index contributed by atoms with van der Waals surface area (Å²) in [5.74, 6) is 0.902. The van der Waals surface area contributed by atoms with Gasteiger partial charge in [0.1, 0.15) is 5.75 Å². The SMILES string of the molecule is CCOc1ccccc1C(=O)c1c(OC)cnn1CC. The Hall–Kier alpha value is -2.30. The van der Waals surface area contributed by atoms with E-state index in [1.807, 2.05) is 26.0 Å². The molecule has 2 aromatic rings. The summed E-state index contributed by atoms with van der Waals surface area (Å²) in [6.45, 7) is 4.92. The van der Waals surface area contributed by atoms with Gasteiger partial charge in [-0.05, 0) is 26.0 Å². The van der Waals surface area contributed by atoms with Crippen LogP contribution in [0.2, 0.25) is 0 Å². The minimum Gasteiger partial charge on any atom is -0.493 e. The molecule has 0 aliphatic heterocycles. The van der Waals surface area contributed by atoms with Crippen molar-refractivity contribution < 1.29 is 14.3 Å². The smallest absolute Gasteiger partial charge is 0.218 e. The highest BCUT2D eigenvalue weighted by Crippen LogP contribution is 2.26. The summed E-state index contributed by atoms with van der Waals surface area (Å²) < 4.78 is 12.4. The molecular weight excluding hydrogens is 256 g/mol. The first-order chi connectivity index (χ1) is 9.72. The predicted molar refractivity (Wildman–Crippen MR) is 75.5 cm³/mol. The molecule has 1 aromatic heterocycles. The molecule has 5 heteroatoms. The maximum Gasteiger partial charge on any atom is 0.218 e. The number of methoxy groups -OCH3 is 1. The first kappa shape index (κ1) is 14.1. The maximum atomic E-state index is 12.7. The summed E-state index contributed by atoms with van der Waals surface area (Å²) in [4.78, 5) is 12.7. The lowest BCUT2D eigenvalue weighted by Crippen LogP contribution is -2.13.